The van der Waals surface area contributed by atoms with Crippen LogP contribution in [-0.2, 0) is 0 Å². The molecule has 0 atom stereocenters. The maximum atomic E-state index is 5.35. The lowest BCUT2D eigenvalue weighted by Gasteiger charge is -2.12. The number of anilines is 3. The summed E-state index contributed by atoms with van der Waals surface area (Å²) in [6, 6.07) is 5.48. The van der Waals surface area contributed by atoms with Crippen molar-refractivity contribution in [3.8, 4) is 11.5 Å². The summed E-state index contributed by atoms with van der Waals surface area (Å²) in [6.45, 7) is 0. The van der Waals surface area contributed by atoms with Gasteiger partial charge in [0.1, 0.15) is 11.5 Å². The molecule has 0 aliphatic rings. The highest BCUT2D eigenvalue weighted by atomic mass is 16.5. The van der Waals surface area contributed by atoms with Gasteiger partial charge in [-0.15, -0.1) is 10.2 Å². The Kier molecular flexibility index (Phi) is 3.65. The summed E-state index contributed by atoms with van der Waals surface area (Å²) in [4.78, 5) is 4.32. The van der Waals surface area contributed by atoms with Gasteiger partial charge < -0.3 is 20.1 Å². The van der Waals surface area contributed by atoms with E-state index in [0.29, 0.717) is 28.9 Å². The number of benzene rings is 1. The van der Waals surface area contributed by atoms with E-state index < -0.39 is 0 Å². The minimum atomic E-state index is 0.572. The van der Waals surface area contributed by atoms with Gasteiger partial charge >= 0.3 is 0 Å². The number of nitrogens with one attached hydrogen (secondary N) is 2. The van der Waals surface area contributed by atoms with Crippen LogP contribution in [0.25, 0.3) is 5.65 Å². The number of ether oxygens (including phenoxy) is 2. The third kappa shape index (κ3) is 2.34. The van der Waals surface area contributed by atoms with Crippen LogP contribution in [0.3, 0.4) is 0 Å². The summed E-state index contributed by atoms with van der Waals surface area (Å²) in [6.07, 6.45) is 3.46. The molecule has 2 aromatic heterocycles. The van der Waals surface area contributed by atoms with Gasteiger partial charge in [0.15, 0.2) is 5.82 Å². The van der Waals surface area contributed by atoms with Crippen molar-refractivity contribution in [1.29, 1.82) is 0 Å². The quantitative estimate of drug-likeness (QED) is 0.744. The Balaban J connectivity index is 2.05. The first kappa shape index (κ1) is 13.9. The lowest BCUT2D eigenvalue weighted by Crippen LogP contribution is -2.01. The summed E-state index contributed by atoms with van der Waals surface area (Å²) in [7, 11) is 5.01. The molecule has 0 saturated heterocycles. The monoisotopic (exact) mass is 300 g/mol. The Labute approximate surface area is 127 Å². The summed E-state index contributed by atoms with van der Waals surface area (Å²) in [5, 5.41) is 14.4. The lowest BCUT2D eigenvalue weighted by atomic mass is 10.2. The molecule has 22 heavy (non-hydrogen) atoms. The molecule has 0 spiro atoms. The van der Waals surface area contributed by atoms with E-state index >= 15 is 0 Å². The predicted molar refractivity (Wildman–Crippen MR) is 83.2 cm³/mol. The zero-order valence-corrected chi connectivity index (χ0v) is 12.5. The molecule has 8 heteroatoms. The first-order valence-electron chi connectivity index (χ1n) is 6.63. The molecule has 0 amide bonds. The smallest absolute Gasteiger partial charge is 0.228 e. The number of hydrogen-bond donors (Lipinski definition) is 2. The molecule has 0 bridgehead atoms. The summed E-state index contributed by atoms with van der Waals surface area (Å²) in [5.41, 5.74) is 1.34. The molecular formula is C14H16N6O2. The maximum Gasteiger partial charge on any atom is 0.228 e. The zero-order chi connectivity index (χ0) is 15.5. The molecule has 0 aliphatic heterocycles. The fourth-order valence-electron chi connectivity index (χ4n) is 2.12. The van der Waals surface area contributed by atoms with Crippen molar-refractivity contribution in [3.63, 3.8) is 0 Å². The molecule has 3 rings (SSSR count). The van der Waals surface area contributed by atoms with Gasteiger partial charge in [-0.25, -0.2) is 4.98 Å². The number of aromatic nitrogens is 4. The second-order valence-corrected chi connectivity index (χ2v) is 4.43. The van der Waals surface area contributed by atoms with E-state index in [2.05, 4.69) is 25.8 Å². The van der Waals surface area contributed by atoms with E-state index in [1.807, 2.05) is 22.6 Å². The Bertz CT molecular complexity index is 801. The van der Waals surface area contributed by atoms with E-state index in [1.54, 1.807) is 33.7 Å². The van der Waals surface area contributed by atoms with Crippen LogP contribution in [0.15, 0.2) is 30.6 Å². The van der Waals surface area contributed by atoms with Gasteiger partial charge in [0.25, 0.3) is 0 Å². The van der Waals surface area contributed by atoms with Crippen molar-refractivity contribution < 1.29 is 9.47 Å². The number of hydrogen-bond acceptors (Lipinski definition) is 7. The molecule has 3 aromatic rings. The minimum Gasteiger partial charge on any atom is -0.497 e. The topological polar surface area (TPSA) is 85.6 Å². The van der Waals surface area contributed by atoms with Crippen LogP contribution in [0.2, 0.25) is 0 Å². The maximum absolute atomic E-state index is 5.35. The molecule has 0 radical (unpaired) electrons. The van der Waals surface area contributed by atoms with Crippen molar-refractivity contribution in [2.24, 2.45) is 0 Å². The van der Waals surface area contributed by atoms with Crippen LogP contribution >= 0.6 is 0 Å². The summed E-state index contributed by atoms with van der Waals surface area (Å²) >= 11 is 0. The molecule has 0 aliphatic carbocycles. The van der Waals surface area contributed by atoms with E-state index in [-0.39, 0.29) is 0 Å². The van der Waals surface area contributed by atoms with E-state index in [9.17, 15) is 0 Å². The molecule has 2 N–H and O–H groups in total. The van der Waals surface area contributed by atoms with Gasteiger partial charge in [0.05, 0.1) is 19.9 Å². The molecule has 8 nitrogen and oxygen atoms in total. The fourth-order valence-corrected chi connectivity index (χ4v) is 2.12. The number of rotatable bonds is 5. The molecule has 2 heterocycles. The fraction of sp³-hybridized carbons (Fsp3) is 0.214. The third-order valence-corrected chi connectivity index (χ3v) is 3.21. The second kappa shape index (κ2) is 5.76. The Hall–Kier alpha value is -3.03. The van der Waals surface area contributed by atoms with E-state index in [0.717, 1.165) is 5.69 Å². The van der Waals surface area contributed by atoms with Crippen LogP contribution in [-0.4, -0.2) is 40.8 Å². The second-order valence-electron chi connectivity index (χ2n) is 4.43. The SMILES string of the molecule is CNc1nnc2c(Nc3cc(OC)ccc3OC)nccn12. The molecule has 1 aromatic carbocycles. The van der Waals surface area contributed by atoms with Gasteiger partial charge in [-0.05, 0) is 12.1 Å². The van der Waals surface area contributed by atoms with Gasteiger partial charge in [-0.1, -0.05) is 0 Å². The highest BCUT2D eigenvalue weighted by molar-refractivity contribution is 5.74. The number of nitrogens with zero attached hydrogens (tertiary/aromatic N) is 4. The Morgan fingerprint density at radius 2 is 2.00 bits per heavy atom. The van der Waals surface area contributed by atoms with E-state index in [4.69, 9.17) is 9.47 Å². The third-order valence-electron chi connectivity index (χ3n) is 3.21. The average molecular weight is 300 g/mol. The van der Waals surface area contributed by atoms with Gasteiger partial charge in [-0.3, -0.25) is 4.40 Å². The summed E-state index contributed by atoms with van der Waals surface area (Å²) < 4.78 is 12.4. The zero-order valence-electron chi connectivity index (χ0n) is 12.5. The molecule has 0 saturated carbocycles. The van der Waals surface area contributed by atoms with Crippen LogP contribution < -0.4 is 20.1 Å². The lowest BCUT2D eigenvalue weighted by molar-refractivity contribution is 0.405. The average Bonchev–Trinajstić information content (AvgIpc) is 2.99. The predicted octanol–water partition coefficient (Wildman–Crippen LogP) is 1.93. The van der Waals surface area contributed by atoms with Crippen molar-refractivity contribution in [2.75, 3.05) is 31.9 Å². The largest absolute Gasteiger partial charge is 0.497 e. The van der Waals surface area contributed by atoms with Crippen LogP contribution in [0, 0.1) is 0 Å². The highest BCUT2D eigenvalue weighted by Crippen LogP contribution is 2.31. The van der Waals surface area contributed by atoms with Gasteiger partial charge in [-0.2, -0.15) is 0 Å². The molecular weight excluding hydrogens is 284 g/mol. The number of fused-ring (bicyclic) bond motifs is 1. The van der Waals surface area contributed by atoms with Gasteiger partial charge in [0.2, 0.25) is 11.6 Å². The molecule has 0 unspecified atom stereocenters. The first-order chi connectivity index (χ1) is 10.8. The van der Waals surface area contributed by atoms with Crippen molar-refractivity contribution in [2.45, 2.75) is 0 Å². The van der Waals surface area contributed by atoms with Crippen molar-refractivity contribution in [1.82, 2.24) is 19.6 Å². The Morgan fingerprint density at radius 1 is 1.14 bits per heavy atom. The highest BCUT2D eigenvalue weighted by Gasteiger charge is 2.12. The first-order valence-corrected chi connectivity index (χ1v) is 6.63. The van der Waals surface area contributed by atoms with Crippen LogP contribution in [0.5, 0.6) is 11.5 Å². The molecule has 114 valence electrons. The Morgan fingerprint density at radius 3 is 2.73 bits per heavy atom. The standard InChI is InChI=1S/C14H16N6O2/c1-15-14-19-18-13-12(16-6-7-20(13)14)17-10-8-9(21-2)4-5-11(10)22-3/h4-8H,1-3H3,(H,15,19)(H,16,17). The van der Waals surface area contributed by atoms with Crippen molar-refractivity contribution >= 4 is 23.1 Å². The molecule has 0 fully saturated rings. The number of methoxy groups -OCH3 is 2. The normalized spacial score (nSPS) is 10.5. The summed E-state index contributed by atoms with van der Waals surface area (Å²) in [5.74, 6) is 2.60. The minimum absolute atomic E-state index is 0.572. The van der Waals surface area contributed by atoms with Crippen molar-refractivity contribution in [3.05, 3.63) is 30.6 Å². The van der Waals surface area contributed by atoms with Gasteiger partial charge in [0, 0.05) is 25.5 Å². The van der Waals surface area contributed by atoms with Crippen LogP contribution in [0.4, 0.5) is 17.5 Å². The van der Waals surface area contributed by atoms with Crippen LogP contribution in [0.1, 0.15) is 0 Å². The van der Waals surface area contributed by atoms with E-state index in [1.165, 1.54) is 0 Å².